The molecule has 0 radical (unpaired) electrons. The fourth-order valence-corrected chi connectivity index (χ4v) is 3.16. The number of aromatic nitrogens is 1. The molecule has 6 nitrogen and oxygen atoms in total. The van der Waals surface area contributed by atoms with Gasteiger partial charge in [0.15, 0.2) is 0 Å². The summed E-state index contributed by atoms with van der Waals surface area (Å²) >= 11 is 6.21. The summed E-state index contributed by atoms with van der Waals surface area (Å²) in [5, 5.41) is 3.28. The molecule has 0 saturated carbocycles. The highest BCUT2D eigenvalue weighted by Crippen LogP contribution is 2.22. The number of ether oxygens (including phenoxy) is 1. The first-order valence-corrected chi connectivity index (χ1v) is 9.23. The van der Waals surface area contributed by atoms with Gasteiger partial charge in [-0.2, -0.15) is 0 Å². The molecule has 2 amide bonds. The molecule has 27 heavy (non-hydrogen) atoms. The molecule has 2 aromatic rings. The molecule has 142 valence electrons. The van der Waals surface area contributed by atoms with E-state index in [1.165, 1.54) is 6.92 Å². The Hall–Kier alpha value is -2.44. The molecule has 1 aliphatic heterocycles. The molecule has 1 aliphatic rings. The maximum absolute atomic E-state index is 12.2. The Kier molecular flexibility index (Phi) is 6.42. The summed E-state index contributed by atoms with van der Waals surface area (Å²) in [5.41, 5.74) is 2.90. The average molecular weight is 388 g/mol. The van der Waals surface area contributed by atoms with E-state index in [0.717, 1.165) is 21.8 Å². The number of carbonyl (C=O) groups is 2. The van der Waals surface area contributed by atoms with E-state index in [0.29, 0.717) is 26.1 Å². The van der Waals surface area contributed by atoms with Gasteiger partial charge < -0.3 is 15.0 Å². The second kappa shape index (κ2) is 8.97. The van der Waals surface area contributed by atoms with E-state index in [1.807, 2.05) is 42.6 Å². The number of halogens is 1. The van der Waals surface area contributed by atoms with E-state index in [1.54, 1.807) is 4.90 Å². The van der Waals surface area contributed by atoms with Crippen molar-refractivity contribution in [1.82, 2.24) is 15.2 Å². The number of carbonyl (C=O) groups excluding carboxylic acids is 2. The summed E-state index contributed by atoms with van der Waals surface area (Å²) in [5.74, 6) is -0.335. The topological polar surface area (TPSA) is 71.5 Å². The molecule has 1 saturated heterocycles. The van der Waals surface area contributed by atoms with Crippen molar-refractivity contribution in [2.45, 2.75) is 19.4 Å². The lowest BCUT2D eigenvalue weighted by Crippen LogP contribution is -2.46. The van der Waals surface area contributed by atoms with Crippen molar-refractivity contribution in [2.24, 2.45) is 0 Å². The lowest BCUT2D eigenvalue weighted by molar-refractivity contribution is -0.139. The summed E-state index contributed by atoms with van der Waals surface area (Å²) < 4.78 is 5.78. The third-order valence-electron chi connectivity index (χ3n) is 4.44. The quantitative estimate of drug-likeness (QED) is 0.854. The van der Waals surface area contributed by atoms with Gasteiger partial charge in [0, 0.05) is 31.1 Å². The number of benzene rings is 1. The zero-order valence-electron chi connectivity index (χ0n) is 15.2. The molecule has 0 bridgehead atoms. The van der Waals surface area contributed by atoms with E-state index in [2.05, 4.69) is 10.3 Å². The SMILES string of the molecule is CC(=O)NCC(=O)N1CCO[C@@H](c2ccc(Cc3ccccc3Cl)cn2)C1. The van der Waals surface area contributed by atoms with E-state index in [-0.39, 0.29) is 24.5 Å². The van der Waals surface area contributed by atoms with Crippen LogP contribution in [0.25, 0.3) is 0 Å². The van der Waals surface area contributed by atoms with Gasteiger partial charge >= 0.3 is 0 Å². The summed E-state index contributed by atoms with van der Waals surface area (Å²) in [7, 11) is 0. The van der Waals surface area contributed by atoms with Crippen LogP contribution in [0.1, 0.15) is 29.8 Å². The van der Waals surface area contributed by atoms with Crippen LogP contribution in [0.3, 0.4) is 0 Å². The van der Waals surface area contributed by atoms with Crippen LogP contribution in [0, 0.1) is 0 Å². The lowest BCUT2D eigenvalue weighted by atomic mass is 10.1. The Labute approximate surface area is 163 Å². The Bertz CT molecular complexity index is 810. The Balaban J connectivity index is 1.61. The van der Waals surface area contributed by atoms with Gasteiger partial charge in [-0.05, 0) is 23.3 Å². The maximum Gasteiger partial charge on any atom is 0.242 e. The Morgan fingerprint density at radius 1 is 1.30 bits per heavy atom. The predicted molar refractivity (Wildman–Crippen MR) is 102 cm³/mol. The molecule has 2 heterocycles. The Morgan fingerprint density at radius 2 is 2.11 bits per heavy atom. The fourth-order valence-electron chi connectivity index (χ4n) is 2.96. The highest BCUT2D eigenvalue weighted by atomic mass is 35.5. The molecule has 1 aromatic heterocycles. The average Bonchev–Trinajstić information content (AvgIpc) is 2.68. The maximum atomic E-state index is 12.2. The zero-order valence-corrected chi connectivity index (χ0v) is 15.9. The van der Waals surface area contributed by atoms with Gasteiger partial charge in [0.1, 0.15) is 6.10 Å². The van der Waals surface area contributed by atoms with Crippen LogP contribution in [0.4, 0.5) is 0 Å². The minimum Gasteiger partial charge on any atom is -0.368 e. The third-order valence-corrected chi connectivity index (χ3v) is 4.81. The summed E-state index contributed by atoms with van der Waals surface area (Å²) in [6.45, 7) is 2.78. The molecule has 7 heteroatoms. The van der Waals surface area contributed by atoms with Crippen molar-refractivity contribution in [3.05, 3.63) is 64.4 Å². The van der Waals surface area contributed by atoms with E-state index < -0.39 is 0 Å². The molecule has 3 rings (SSSR count). The van der Waals surface area contributed by atoms with Crippen LogP contribution in [0.2, 0.25) is 5.02 Å². The summed E-state index contributed by atoms with van der Waals surface area (Å²) in [4.78, 5) is 29.4. The van der Waals surface area contributed by atoms with Crippen molar-refractivity contribution < 1.29 is 14.3 Å². The molecular formula is C20H22ClN3O3. The van der Waals surface area contributed by atoms with E-state index >= 15 is 0 Å². The predicted octanol–water partition coefficient (Wildman–Crippen LogP) is 2.36. The van der Waals surface area contributed by atoms with Gasteiger partial charge in [-0.3, -0.25) is 14.6 Å². The summed E-state index contributed by atoms with van der Waals surface area (Å²) in [6.07, 6.45) is 2.26. The van der Waals surface area contributed by atoms with Gasteiger partial charge in [-0.1, -0.05) is 35.9 Å². The van der Waals surface area contributed by atoms with Crippen LogP contribution < -0.4 is 5.32 Å². The third kappa shape index (κ3) is 5.28. The zero-order chi connectivity index (χ0) is 19.2. The second-order valence-electron chi connectivity index (χ2n) is 6.47. The standard InChI is InChI=1S/C20H22ClN3O3/c1-14(25)22-12-20(26)24-8-9-27-19(13-24)18-7-6-15(11-23-18)10-16-4-2-3-5-17(16)21/h2-7,11,19H,8-10,12-13H2,1H3,(H,22,25)/t19-/m1/s1. The second-order valence-corrected chi connectivity index (χ2v) is 6.88. The number of morpholine rings is 1. The van der Waals surface area contributed by atoms with Crippen LogP contribution in [-0.2, 0) is 20.7 Å². The van der Waals surface area contributed by atoms with Crippen molar-refractivity contribution in [3.8, 4) is 0 Å². The van der Waals surface area contributed by atoms with Crippen molar-refractivity contribution in [3.63, 3.8) is 0 Å². The van der Waals surface area contributed by atoms with Crippen LogP contribution in [0.5, 0.6) is 0 Å². The number of pyridine rings is 1. The lowest BCUT2D eigenvalue weighted by Gasteiger charge is -2.32. The first-order chi connectivity index (χ1) is 13.0. The van der Waals surface area contributed by atoms with Crippen LogP contribution in [-0.4, -0.2) is 47.9 Å². The number of hydrogen-bond donors (Lipinski definition) is 1. The highest BCUT2D eigenvalue weighted by molar-refractivity contribution is 6.31. The molecule has 0 spiro atoms. The normalized spacial score (nSPS) is 16.8. The first-order valence-electron chi connectivity index (χ1n) is 8.85. The van der Waals surface area contributed by atoms with Crippen molar-refractivity contribution in [2.75, 3.05) is 26.2 Å². The molecular weight excluding hydrogens is 366 g/mol. The van der Waals surface area contributed by atoms with Crippen molar-refractivity contribution >= 4 is 23.4 Å². The number of rotatable bonds is 5. The van der Waals surface area contributed by atoms with E-state index in [4.69, 9.17) is 16.3 Å². The molecule has 0 aliphatic carbocycles. The fraction of sp³-hybridized carbons (Fsp3) is 0.350. The molecule has 0 unspecified atom stereocenters. The number of amides is 2. The number of nitrogens with zero attached hydrogens (tertiary/aromatic N) is 2. The van der Waals surface area contributed by atoms with E-state index in [9.17, 15) is 9.59 Å². The minimum absolute atomic E-state index is 0.00621. The molecule has 1 N–H and O–H groups in total. The van der Waals surface area contributed by atoms with Gasteiger partial charge in [0.2, 0.25) is 11.8 Å². The van der Waals surface area contributed by atoms with Gasteiger partial charge in [-0.25, -0.2) is 0 Å². The number of hydrogen-bond acceptors (Lipinski definition) is 4. The van der Waals surface area contributed by atoms with Crippen LogP contribution in [0.15, 0.2) is 42.6 Å². The van der Waals surface area contributed by atoms with Crippen molar-refractivity contribution in [1.29, 1.82) is 0 Å². The monoisotopic (exact) mass is 387 g/mol. The molecule has 1 aromatic carbocycles. The van der Waals surface area contributed by atoms with Gasteiger partial charge in [0.05, 0.1) is 25.4 Å². The largest absolute Gasteiger partial charge is 0.368 e. The van der Waals surface area contributed by atoms with Gasteiger partial charge in [0.25, 0.3) is 0 Å². The summed E-state index contributed by atoms with van der Waals surface area (Å²) in [6, 6.07) is 11.7. The smallest absolute Gasteiger partial charge is 0.242 e. The number of nitrogens with one attached hydrogen (secondary N) is 1. The van der Waals surface area contributed by atoms with Crippen LogP contribution >= 0.6 is 11.6 Å². The first kappa shape index (κ1) is 19.3. The Morgan fingerprint density at radius 3 is 2.81 bits per heavy atom. The molecule has 1 atom stereocenters. The minimum atomic E-state index is -0.269. The highest BCUT2D eigenvalue weighted by Gasteiger charge is 2.26. The van der Waals surface area contributed by atoms with Gasteiger partial charge in [-0.15, -0.1) is 0 Å². The molecule has 1 fully saturated rings.